The molecule has 21 heavy (non-hydrogen) atoms. The third kappa shape index (κ3) is 3.17. The second-order valence-electron chi connectivity index (χ2n) is 4.04. The molecule has 2 aromatic heterocycles. The summed E-state index contributed by atoms with van der Waals surface area (Å²) in [5.74, 6) is 0.853. The van der Waals surface area contributed by atoms with E-state index in [2.05, 4.69) is 41.0 Å². The lowest BCUT2D eigenvalue weighted by molar-refractivity contribution is 0.434. The highest BCUT2D eigenvalue weighted by Crippen LogP contribution is 2.26. The molecule has 0 bridgehead atoms. The molecule has 0 radical (unpaired) electrons. The summed E-state index contributed by atoms with van der Waals surface area (Å²) in [7, 11) is 0. The lowest BCUT2D eigenvalue weighted by Gasteiger charge is -2.08. The molecule has 0 aliphatic rings. The van der Waals surface area contributed by atoms with Crippen LogP contribution in [0.1, 0.15) is 5.56 Å². The molecule has 1 aromatic carbocycles. The molecule has 106 valence electrons. The van der Waals surface area contributed by atoms with Gasteiger partial charge in [-0.25, -0.2) is 4.98 Å². The fourth-order valence-corrected chi connectivity index (χ4v) is 2.05. The molecule has 0 fully saturated rings. The van der Waals surface area contributed by atoms with Crippen molar-refractivity contribution in [1.82, 2.24) is 29.7 Å². The predicted molar refractivity (Wildman–Crippen MR) is 78.7 cm³/mol. The van der Waals surface area contributed by atoms with Gasteiger partial charge < -0.3 is 4.74 Å². The van der Waals surface area contributed by atoms with Gasteiger partial charge in [0.15, 0.2) is 0 Å². The summed E-state index contributed by atoms with van der Waals surface area (Å²) in [6, 6.07) is 5.74. The van der Waals surface area contributed by atoms with Crippen LogP contribution in [0.15, 0.2) is 35.3 Å². The maximum atomic E-state index is 5.89. The van der Waals surface area contributed by atoms with E-state index in [1.54, 1.807) is 0 Å². The maximum Gasteiger partial charge on any atom is 0.328 e. The molecular weight excluding hydrogens is 360 g/mol. The minimum Gasteiger partial charge on any atom is -0.424 e. The van der Waals surface area contributed by atoms with Gasteiger partial charge in [0, 0.05) is 4.47 Å². The second kappa shape index (κ2) is 5.74. The van der Waals surface area contributed by atoms with Crippen molar-refractivity contribution < 1.29 is 4.74 Å². The van der Waals surface area contributed by atoms with E-state index in [1.165, 1.54) is 17.3 Å². The number of aryl methyl sites for hydroxylation is 1. The fourth-order valence-electron chi connectivity index (χ4n) is 1.56. The molecule has 0 atom stereocenters. The minimum absolute atomic E-state index is 0.0122. The number of hydrogen-bond donors (Lipinski definition) is 0. The van der Waals surface area contributed by atoms with Crippen LogP contribution >= 0.6 is 27.5 Å². The molecule has 0 unspecified atom stereocenters. The molecule has 3 aromatic rings. The van der Waals surface area contributed by atoms with Crippen LogP contribution in [-0.4, -0.2) is 29.7 Å². The summed E-state index contributed by atoms with van der Waals surface area (Å²) in [6.07, 6.45) is 2.83. The van der Waals surface area contributed by atoms with Crippen molar-refractivity contribution in [1.29, 1.82) is 0 Å². The van der Waals surface area contributed by atoms with E-state index in [4.69, 9.17) is 16.3 Å². The van der Waals surface area contributed by atoms with Crippen molar-refractivity contribution in [2.75, 3.05) is 0 Å². The zero-order chi connectivity index (χ0) is 14.8. The summed E-state index contributed by atoms with van der Waals surface area (Å²) < 4.78 is 7.93. The smallest absolute Gasteiger partial charge is 0.328 e. The van der Waals surface area contributed by atoms with E-state index in [0.29, 0.717) is 5.75 Å². The SMILES string of the molecule is Cc1ccc(Br)cc1Oc1nc(Cl)nc(-n2cncn2)n1. The van der Waals surface area contributed by atoms with Gasteiger partial charge in [-0.2, -0.15) is 24.7 Å². The van der Waals surface area contributed by atoms with Crippen molar-refractivity contribution in [3.05, 3.63) is 46.2 Å². The van der Waals surface area contributed by atoms with Crippen molar-refractivity contribution in [3.8, 4) is 17.7 Å². The largest absolute Gasteiger partial charge is 0.424 e. The predicted octanol–water partition coefficient (Wildman–Crippen LogP) is 2.97. The molecule has 0 aliphatic carbocycles. The van der Waals surface area contributed by atoms with Crippen LogP contribution in [0.3, 0.4) is 0 Å². The molecule has 0 aliphatic heterocycles. The summed E-state index contributed by atoms with van der Waals surface area (Å²) in [6.45, 7) is 1.92. The summed E-state index contributed by atoms with van der Waals surface area (Å²) in [4.78, 5) is 15.9. The molecule has 3 rings (SSSR count). The van der Waals surface area contributed by atoms with Crippen LogP contribution in [-0.2, 0) is 0 Å². The summed E-state index contributed by atoms with van der Waals surface area (Å²) in [5, 5.41) is 3.95. The van der Waals surface area contributed by atoms with Crippen LogP contribution in [0.2, 0.25) is 5.28 Å². The van der Waals surface area contributed by atoms with E-state index in [-0.39, 0.29) is 17.2 Å². The highest BCUT2D eigenvalue weighted by molar-refractivity contribution is 9.10. The minimum atomic E-state index is 0.0122. The van der Waals surface area contributed by atoms with Gasteiger partial charge in [0.2, 0.25) is 5.28 Å². The highest BCUT2D eigenvalue weighted by Gasteiger charge is 2.11. The van der Waals surface area contributed by atoms with Crippen molar-refractivity contribution in [2.45, 2.75) is 6.92 Å². The Hall–Kier alpha value is -2.06. The first-order chi connectivity index (χ1) is 10.1. The third-order valence-electron chi connectivity index (χ3n) is 2.55. The Morgan fingerprint density at radius 3 is 2.86 bits per heavy atom. The molecule has 0 amide bonds. The Morgan fingerprint density at radius 2 is 2.10 bits per heavy atom. The van der Waals surface area contributed by atoms with Crippen LogP contribution in [0, 0.1) is 6.92 Å². The Balaban J connectivity index is 1.97. The third-order valence-corrected chi connectivity index (χ3v) is 3.21. The molecule has 0 spiro atoms. The standard InChI is InChI=1S/C12H8BrClN6O/c1-7-2-3-8(13)4-9(7)21-12-18-10(14)17-11(19-12)20-6-15-5-16-20/h2-6H,1H3. The molecule has 0 saturated carbocycles. The Bertz CT molecular complexity index is 779. The van der Waals surface area contributed by atoms with Crippen molar-refractivity contribution in [3.63, 3.8) is 0 Å². The van der Waals surface area contributed by atoms with E-state index >= 15 is 0 Å². The fraction of sp³-hybridized carbons (Fsp3) is 0.0833. The lowest BCUT2D eigenvalue weighted by atomic mass is 10.2. The zero-order valence-electron chi connectivity index (χ0n) is 10.7. The lowest BCUT2D eigenvalue weighted by Crippen LogP contribution is -2.05. The van der Waals surface area contributed by atoms with E-state index in [0.717, 1.165) is 10.0 Å². The van der Waals surface area contributed by atoms with Gasteiger partial charge in [-0.1, -0.05) is 22.0 Å². The van der Waals surface area contributed by atoms with Crippen LogP contribution in [0.4, 0.5) is 0 Å². The van der Waals surface area contributed by atoms with E-state index in [9.17, 15) is 0 Å². The maximum absolute atomic E-state index is 5.89. The van der Waals surface area contributed by atoms with Crippen LogP contribution in [0.5, 0.6) is 11.8 Å². The normalized spacial score (nSPS) is 10.6. The van der Waals surface area contributed by atoms with Gasteiger partial charge in [-0.15, -0.1) is 0 Å². The Labute approximate surface area is 133 Å². The van der Waals surface area contributed by atoms with Crippen LogP contribution in [0.25, 0.3) is 5.95 Å². The molecular formula is C12H8BrClN6O. The quantitative estimate of drug-likeness (QED) is 0.708. The van der Waals surface area contributed by atoms with E-state index < -0.39 is 0 Å². The molecule has 0 N–H and O–H groups in total. The first-order valence-electron chi connectivity index (χ1n) is 5.82. The van der Waals surface area contributed by atoms with Gasteiger partial charge in [0.1, 0.15) is 18.4 Å². The number of aromatic nitrogens is 6. The number of halogens is 2. The molecule has 7 nitrogen and oxygen atoms in total. The molecule has 9 heteroatoms. The highest BCUT2D eigenvalue weighted by atomic mass is 79.9. The first kappa shape index (κ1) is 13.9. The van der Waals surface area contributed by atoms with Gasteiger partial charge in [0.05, 0.1) is 0 Å². The average molecular weight is 368 g/mol. The molecule has 2 heterocycles. The topological polar surface area (TPSA) is 78.6 Å². The first-order valence-corrected chi connectivity index (χ1v) is 6.99. The van der Waals surface area contributed by atoms with Gasteiger partial charge in [-0.3, -0.25) is 0 Å². The number of benzene rings is 1. The van der Waals surface area contributed by atoms with Crippen LogP contribution < -0.4 is 4.74 Å². The van der Waals surface area contributed by atoms with Crippen molar-refractivity contribution in [2.24, 2.45) is 0 Å². The zero-order valence-corrected chi connectivity index (χ0v) is 13.1. The summed E-state index contributed by atoms with van der Waals surface area (Å²) in [5.41, 5.74) is 0.942. The number of hydrogen-bond acceptors (Lipinski definition) is 6. The Kier molecular flexibility index (Phi) is 3.80. The average Bonchev–Trinajstić information content (AvgIpc) is 2.96. The van der Waals surface area contributed by atoms with Gasteiger partial charge >= 0.3 is 6.01 Å². The number of rotatable bonds is 3. The van der Waals surface area contributed by atoms with Crippen molar-refractivity contribution >= 4 is 27.5 Å². The number of ether oxygens (including phenoxy) is 1. The van der Waals surface area contributed by atoms with Gasteiger partial charge in [0.25, 0.3) is 5.95 Å². The molecule has 0 saturated heterocycles. The second-order valence-corrected chi connectivity index (χ2v) is 5.29. The number of nitrogens with zero attached hydrogens (tertiary/aromatic N) is 6. The van der Waals surface area contributed by atoms with Gasteiger partial charge in [-0.05, 0) is 36.2 Å². The monoisotopic (exact) mass is 366 g/mol. The Morgan fingerprint density at radius 1 is 1.24 bits per heavy atom. The van der Waals surface area contributed by atoms with E-state index in [1.807, 2.05) is 25.1 Å². The summed E-state index contributed by atoms with van der Waals surface area (Å²) >= 11 is 9.28.